The first-order chi connectivity index (χ1) is 13.8. The molecule has 0 bridgehead atoms. The second kappa shape index (κ2) is 10.1. The van der Waals surface area contributed by atoms with Crippen LogP contribution in [0.4, 0.5) is 0 Å². The zero-order chi connectivity index (χ0) is 20.9. The summed E-state index contributed by atoms with van der Waals surface area (Å²) in [6.45, 7) is 1.82. The highest BCUT2D eigenvalue weighted by Gasteiger charge is 2.23. The number of sulfonamides is 1. The maximum atomic E-state index is 12.2. The molecule has 0 aliphatic carbocycles. The molecule has 2 heterocycles. The molecule has 1 saturated heterocycles. The summed E-state index contributed by atoms with van der Waals surface area (Å²) in [5.41, 5.74) is 0. The Morgan fingerprint density at radius 3 is 2.66 bits per heavy atom. The number of β-amino-alcohol motifs (C(OH)–C–C–N with tert-alkyl or cyclic N) is 1. The van der Waals surface area contributed by atoms with E-state index < -0.39 is 16.1 Å². The Kier molecular flexibility index (Phi) is 7.72. The third-order valence-corrected chi connectivity index (χ3v) is 6.80. The standard InChI is InChI=1S/C19H23Cl2N3O4S/c20-18-4-3-16(10-19(18)21)28-15-5-8-24(9-6-15)13-14(25)11-23-29(26,27)17-2-1-7-22-12-17/h1-4,7,10,12,14-15,23,25H,5-6,8-9,11,13H2/t14-/m0/s1. The summed E-state index contributed by atoms with van der Waals surface area (Å²) in [7, 11) is -3.68. The second-order valence-corrected chi connectivity index (χ2v) is 9.47. The van der Waals surface area contributed by atoms with Crippen LogP contribution in [0.25, 0.3) is 0 Å². The number of piperidine rings is 1. The monoisotopic (exact) mass is 459 g/mol. The predicted molar refractivity (Wildman–Crippen MR) is 112 cm³/mol. The van der Waals surface area contributed by atoms with Crippen LogP contribution in [-0.2, 0) is 10.0 Å². The van der Waals surface area contributed by atoms with Crippen molar-refractivity contribution in [2.24, 2.45) is 0 Å². The molecule has 3 rings (SSSR count). The van der Waals surface area contributed by atoms with E-state index in [4.69, 9.17) is 27.9 Å². The minimum Gasteiger partial charge on any atom is -0.490 e. The number of aliphatic hydroxyl groups excluding tert-OH is 1. The van der Waals surface area contributed by atoms with E-state index in [1.165, 1.54) is 18.5 Å². The van der Waals surface area contributed by atoms with Crippen molar-refractivity contribution in [3.8, 4) is 5.75 Å². The quantitative estimate of drug-likeness (QED) is 0.629. The van der Waals surface area contributed by atoms with Gasteiger partial charge < -0.3 is 14.7 Å². The van der Waals surface area contributed by atoms with Crippen molar-refractivity contribution in [2.45, 2.75) is 29.9 Å². The van der Waals surface area contributed by atoms with Gasteiger partial charge in [-0.2, -0.15) is 0 Å². The normalized spacial score (nSPS) is 17.2. The van der Waals surface area contributed by atoms with Crippen LogP contribution in [-0.4, -0.2) is 61.8 Å². The van der Waals surface area contributed by atoms with Gasteiger partial charge in [-0.15, -0.1) is 0 Å². The molecule has 7 nitrogen and oxygen atoms in total. The van der Waals surface area contributed by atoms with E-state index in [9.17, 15) is 13.5 Å². The number of aliphatic hydroxyl groups is 1. The lowest BCUT2D eigenvalue weighted by molar-refractivity contribution is 0.0630. The molecule has 1 aliphatic rings. The van der Waals surface area contributed by atoms with Gasteiger partial charge in [-0.1, -0.05) is 23.2 Å². The molecule has 10 heteroatoms. The largest absolute Gasteiger partial charge is 0.490 e. The summed E-state index contributed by atoms with van der Waals surface area (Å²) in [6, 6.07) is 8.21. The number of halogens is 2. The van der Waals surface area contributed by atoms with Crippen LogP contribution in [0.2, 0.25) is 10.0 Å². The van der Waals surface area contributed by atoms with E-state index in [0.29, 0.717) is 22.3 Å². The minimum absolute atomic E-state index is 0.0586. The molecular weight excluding hydrogens is 437 g/mol. The number of ether oxygens (including phenoxy) is 1. The summed E-state index contributed by atoms with van der Waals surface area (Å²) in [4.78, 5) is 5.97. The molecule has 158 valence electrons. The van der Waals surface area contributed by atoms with Crippen LogP contribution in [0.5, 0.6) is 5.75 Å². The summed E-state index contributed by atoms with van der Waals surface area (Å²) < 4.78 is 32.7. The zero-order valence-electron chi connectivity index (χ0n) is 15.7. The zero-order valence-corrected chi connectivity index (χ0v) is 18.0. The van der Waals surface area contributed by atoms with Gasteiger partial charge in [-0.3, -0.25) is 4.98 Å². The third kappa shape index (κ3) is 6.53. The molecule has 0 unspecified atom stereocenters. The highest BCUT2D eigenvalue weighted by molar-refractivity contribution is 7.89. The van der Waals surface area contributed by atoms with Gasteiger partial charge in [0.05, 0.1) is 16.1 Å². The number of hydrogen-bond donors (Lipinski definition) is 2. The van der Waals surface area contributed by atoms with Crippen molar-refractivity contribution >= 4 is 33.2 Å². The first-order valence-corrected chi connectivity index (χ1v) is 11.5. The Morgan fingerprint density at radius 1 is 1.24 bits per heavy atom. The molecule has 1 fully saturated rings. The highest BCUT2D eigenvalue weighted by atomic mass is 35.5. The van der Waals surface area contributed by atoms with Crippen molar-refractivity contribution in [2.75, 3.05) is 26.2 Å². The molecule has 1 aliphatic heterocycles. The Hall–Kier alpha value is -1.42. The van der Waals surface area contributed by atoms with Gasteiger partial charge in [-0.25, -0.2) is 13.1 Å². The first kappa shape index (κ1) is 22.3. The van der Waals surface area contributed by atoms with Crippen molar-refractivity contribution in [3.63, 3.8) is 0 Å². The molecule has 0 amide bonds. The number of pyridine rings is 1. The Morgan fingerprint density at radius 2 is 2.00 bits per heavy atom. The van der Waals surface area contributed by atoms with Crippen molar-refractivity contribution < 1.29 is 18.3 Å². The Balaban J connectivity index is 1.41. The van der Waals surface area contributed by atoms with Crippen molar-refractivity contribution in [3.05, 3.63) is 52.8 Å². The maximum Gasteiger partial charge on any atom is 0.242 e. The van der Waals surface area contributed by atoms with E-state index in [-0.39, 0.29) is 17.5 Å². The van der Waals surface area contributed by atoms with Crippen LogP contribution in [0.1, 0.15) is 12.8 Å². The van der Waals surface area contributed by atoms with Gasteiger partial charge in [0.1, 0.15) is 16.7 Å². The van der Waals surface area contributed by atoms with Crippen LogP contribution in [0, 0.1) is 0 Å². The Bertz CT molecular complexity index is 907. The number of aromatic nitrogens is 1. The smallest absolute Gasteiger partial charge is 0.242 e. The predicted octanol–water partition coefficient (Wildman–Crippen LogP) is 2.57. The van der Waals surface area contributed by atoms with Gasteiger partial charge >= 0.3 is 0 Å². The fourth-order valence-electron chi connectivity index (χ4n) is 3.11. The van der Waals surface area contributed by atoms with Crippen LogP contribution in [0.15, 0.2) is 47.6 Å². The van der Waals surface area contributed by atoms with Gasteiger partial charge in [0.25, 0.3) is 0 Å². The van der Waals surface area contributed by atoms with Gasteiger partial charge in [0.2, 0.25) is 10.0 Å². The van der Waals surface area contributed by atoms with E-state index in [0.717, 1.165) is 25.9 Å². The summed E-state index contributed by atoms with van der Waals surface area (Å²) in [5, 5.41) is 11.2. The molecule has 0 saturated carbocycles. The fourth-order valence-corrected chi connectivity index (χ4v) is 4.43. The van der Waals surface area contributed by atoms with Crippen molar-refractivity contribution in [1.82, 2.24) is 14.6 Å². The average Bonchev–Trinajstić information content (AvgIpc) is 2.71. The lowest BCUT2D eigenvalue weighted by atomic mass is 10.1. The molecule has 1 atom stereocenters. The number of benzene rings is 1. The fraction of sp³-hybridized carbons (Fsp3) is 0.421. The van der Waals surface area contributed by atoms with E-state index >= 15 is 0 Å². The molecular formula is C19H23Cl2N3O4S. The number of rotatable bonds is 8. The summed E-state index contributed by atoms with van der Waals surface area (Å²) in [6.07, 6.45) is 3.62. The van der Waals surface area contributed by atoms with Gasteiger partial charge in [0, 0.05) is 44.6 Å². The molecule has 2 aromatic rings. The van der Waals surface area contributed by atoms with Gasteiger partial charge in [-0.05, 0) is 37.1 Å². The summed E-state index contributed by atoms with van der Waals surface area (Å²) in [5.74, 6) is 0.683. The van der Waals surface area contributed by atoms with Crippen molar-refractivity contribution in [1.29, 1.82) is 0 Å². The topological polar surface area (TPSA) is 91.8 Å². The lowest BCUT2D eigenvalue weighted by Crippen LogP contribution is -2.45. The SMILES string of the molecule is O=S(=O)(NC[C@H](O)CN1CCC(Oc2ccc(Cl)c(Cl)c2)CC1)c1cccnc1. The number of nitrogens with one attached hydrogen (secondary N) is 1. The van der Waals surface area contributed by atoms with E-state index in [1.807, 2.05) is 0 Å². The first-order valence-electron chi connectivity index (χ1n) is 9.25. The summed E-state index contributed by atoms with van der Waals surface area (Å²) >= 11 is 11.9. The third-order valence-electron chi connectivity index (χ3n) is 4.65. The minimum atomic E-state index is -3.68. The highest BCUT2D eigenvalue weighted by Crippen LogP contribution is 2.28. The molecule has 0 spiro atoms. The maximum absolute atomic E-state index is 12.2. The van der Waals surface area contributed by atoms with Crippen LogP contribution in [0.3, 0.4) is 0 Å². The molecule has 29 heavy (non-hydrogen) atoms. The lowest BCUT2D eigenvalue weighted by Gasteiger charge is -2.33. The molecule has 2 N–H and O–H groups in total. The second-order valence-electron chi connectivity index (χ2n) is 6.89. The van der Waals surface area contributed by atoms with E-state index in [1.54, 1.807) is 24.3 Å². The average molecular weight is 460 g/mol. The van der Waals surface area contributed by atoms with Crippen LogP contribution >= 0.6 is 23.2 Å². The number of nitrogens with zero attached hydrogens (tertiary/aromatic N) is 2. The molecule has 0 radical (unpaired) electrons. The molecule has 1 aromatic heterocycles. The molecule has 1 aromatic carbocycles. The number of likely N-dealkylation sites (tertiary alicyclic amines) is 1. The van der Waals surface area contributed by atoms with Gasteiger partial charge in [0.15, 0.2) is 0 Å². The number of hydrogen-bond acceptors (Lipinski definition) is 6. The Labute approximate surface area is 180 Å². The van der Waals surface area contributed by atoms with Crippen LogP contribution < -0.4 is 9.46 Å². The van der Waals surface area contributed by atoms with E-state index in [2.05, 4.69) is 14.6 Å².